The fraction of sp³-hybridized carbons (Fsp3) is 0.111. The molecule has 0 unspecified atom stereocenters. The Morgan fingerprint density at radius 1 is 1.57 bits per heavy atom. The average Bonchev–Trinajstić information content (AvgIpc) is 2.15. The summed E-state index contributed by atoms with van der Waals surface area (Å²) >= 11 is 5.65. The van der Waals surface area contributed by atoms with Crippen LogP contribution in [0.4, 0.5) is 0 Å². The van der Waals surface area contributed by atoms with E-state index in [1.165, 1.54) is 6.07 Å². The molecule has 0 amide bonds. The molecule has 0 radical (unpaired) electrons. The molecule has 0 saturated carbocycles. The first-order chi connectivity index (χ1) is 6.74. The van der Waals surface area contributed by atoms with Gasteiger partial charge in [-0.15, -0.1) is 0 Å². The zero-order chi connectivity index (χ0) is 10.4. The average molecular weight is 210 g/mol. The third-order valence-corrected chi connectivity index (χ3v) is 1.78. The number of hydrogen-bond donors (Lipinski definition) is 1. The lowest BCUT2D eigenvalue weighted by molar-refractivity contribution is 0.474. The highest BCUT2D eigenvalue weighted by molar-refractivity contribution is 6.30. The fourth-order valence-electron chi connectivity index (χ4n) is 0.921. The maximum atomic E-state index is 9.41. The number of aromatic hydroxyl groups is 1. The molecule has 0 aliphatic carbocycles. The van der Waals surface area contributed by atoms with Crippen LogP contribution in [0, 0.1) is 0 Å². The summed E-state index contributed by atoms with van der Waals surface area (Å²) in [5, 5.41) is 13.2. The van der Waals surface area contributed by atoms with Crippen LogP contribution in [0.1, 0.15) is 5.56 Å². The summed E-state index contributed by atoms with van der Waals surface area (Å²) in [6, 6.07) is 4.81. The van der Waals surface area contributed by atoms with Gasteiger partial charge in [0.25, 0.3) is 0 Å². The molecule has 5 heteroatoms. The molecule has 0 aromatic heterocycles. The summed E-state index contributed by atoms with van der Waals surface area (Å²) in [4.78, 5) is 2.59. The van der Waals surface area contributed by atoms with E-state index in [9.17, 15) is 5.11 Å². The van der Waals surface area contributed by atoms with Crippen molar-refractivity contribution in [2.45, 2.75) is 0 Å². The van der Waals surface area contributed by atoms with E-state index in [4.69, 9.17) is 17.1 Å². The largest absolute Gasteiger partial charge is 0.507 e. The minimum Gasteiger partial charge on any atom is -0.507 e. The van der Waals surface area contributed by atoms with Crippen molar-refractivity contribution in [2.24, 2.45) is 5.11 Å². The minimum atomic E-state index is 0.106. The Bertz CT molecular complexity index is 397. The Morgan fingerprint density at radius 3 is 3.00 bits per heavy atom. The first-order valence-corrected chi connectivity index (χ1v) is 4.28. The van der Waals surface area contributed by atoms with Crippen molar-refractivity contribution < 1.29 is 5.11 Å². The van der Waals surface area contributed by atoms with Crippen LogP contribution in [0.3, 0.4) is 0 Å². The number of rotatable bonds is 3. The van der Waals surface area contributed by atoms with Gasteiger partial charge in [0, 0.05) is 22.0 Å². The summed E-state index contributed by atoms with van der Waals surface area (Å²) in [5.41, 5.74) is 8.65. The molecule has 0 heterocycles. The summed E-state index contributed by atoms with van der Waals surface area (Å²) in [5.74, 6) is 0.106. The normalized spacial score (nSPS) is 10.1. The van der Waals surface area contributed by atoms with Crippen molar-refractivity contribution in [1.82, 2.24) is 0 Å². The lowest BCUT2D eigenvalue weighted by atomic mass is 10.2. The van der Waals surface area contributed by atoms with Gasteiger partial charge in [0.2, 0.25) is 0 Å². The van der Waals surface area contributed by atoms with E-state index in [1.54, 1.807) is 24.3 Å². The van der Waals surface area contributed by atoms with Crippen molar-refractivity contribution in [3.63, 3.8) is 0 Å². The Labute approximate surface area is 86.1 Å². The van der Waals surface area contributed by atoms with E-state index in [2.05, 4.69) is 10.0 Å². The van der Waals surface area contributed by atoms with E-state index in [0.717, 1.165) is 0 Å². The Balaban J connectivity index is 2.76. The highest BCUT2D eigenvalue weighted by Crippen LogP contribution is 2.22. The van der Waals surface area contributed by atoms with Crippen LogP contribution in [0.25, 0.3) is 16.5 Å². The number of benzene rings is 1. The second kappa shape index (κ2) is 5.17. The zero-order valence-electron chi connectivity index (χ0n) is 7.26. The molecule has 1 aromatic rings. The Morgan fingerprint density at radius 2 is 2.36 bits per heavy atom. The maximum absolute atomic E-state index is 9.41. The van der Waals surface area contributed by atoms with Crippen molar-refractivity contribution in [1.29, 1.82) is 0 Å². The van der Waals surface area contributed by atoms with E-state index in [-0.39, 0.29) is 12.3 Å². The quantitative estimate of drug-likeness (QED) is 0.463. The molecule has 0 aliphatic rings. The SMILES string of the molecule is [N-]=[N+]=NCC=Cc1ccc(Cl)cc1O. The smallest absolute Gasteiger partial charge is 0.124 e. The summed E-state index contributed by atoms with van der Waals surface area (Å²) in [7, 11) is 0. The summed E-state index contributed by atoms with van der Waals surface area (Å²) < 4.78 is 0. The zero-order valence-corrected chi connectivity index (χ0v) is 8.02. The van der Waals surface area contributed by atoms with Crippen molar-refractivity contribution >= 4 is 17.7 Å². The molecule has 1 rings (SSSR count). The van der Waals surface area contributed by atoms with Gasteiger partial charge in [0.1, 0.15) is 5.75 Å². The van der Waals surface area contributed by atoms with Gasteiger partial charge in [0.15, 0.2) is 0 Å². The number of azide groups is 1. The van der Waals surface area contributed by atoms with Crippen molar-refractivity contribution in [2.75, 3.05) is 6.54 Å². The van der Waals surface area contributed by atoms with E-state index in [0.29, 0.717) is 10.6 Å². The number of nitrogens with zero attached hydrogens (tertiary/aromatic N) is 3. The van der Waals surface area contributed by atoms with Crippen LogP contribution in [0.15, 0.2) is 29.4 Å². The van der Waals surface area contributed by atoms with Crippen LogP contribution in [0.5, 0.6) is 5.75 Å². The maximum Gasteiger partial charge on any atom is 0.124 e. The molecule has 0 saturated heterocycles. The van der Waals surface area contributed by atoms with E-state index in [1.807, 2.05) is 0 Å². The van der Waals surface area contributed by atoms with Gasteiger partial charge in [-0.3, -0.25) is 0 Å². The number of halogens is 1. The lowest BCUT2D eigenvalue weighted by Crippen LogP contribution is -1.75. The van der Waals surface area contributed by atoms with E-state index < -0.39 is 0 Å². The van der Waals surface area contributed by atoms with Crippen LogP contribution in [-0.4, -0.2) is 11.7 Å². The highest BCUT2D eigenvalue weighted by Gasteiger charge is 1.96. The molecule has 0 spiro atoms. The number of phenolic OH excluding ortho intramolecular Hbond substituents is 1. The molecule has 0 fully saturated rings. The van der Waals surface area contributed by atoms with Crippen LogP contribution in [0.2, 0.25) is 5.02 Å². The second-order valence-corrected chi connectivity index (χ2v) is 2.96. The third kappa shape index (κ3) is 3.01. The van der Waals surface area contributed by atoms with Crippen LogP contribution < -0.4 is 0 Å². The van der Waals surface area contributed by atoms with Gasteiger partial charge in [-0.25, -0.2) is 0 Å². The van der Waals surface area contributed by atoms with Crippen LogP contribution in [-0.2, 0) is 0 Å². The van der Waals surface area contributed by atoms with Gasteiger partial charge in [-0.2, -0.15) is 0 Å². The second-order valence-electron chi connectivity index (χ2n) is 2.52. The van der Waals surface area contributed by atoms with Gasteiger partial charge >= 0.3 is 0 Å². The van der Waals surface area contributed by atoms with Gasteiger partial charge in [-0.1, -0.05) is 28.9 Å². The predicted molar refractivity (Wildman–Crippen MR) is 56.2 cm³/mol. The molecule has 1 N–H and O–H groups in total. The third-order valence-electron chi connectivity index (χ3n) is 1.54. The molecule has 1 aromatic carbocycles. The Kier molecular flexibility index (Phi) is 3.85. The standard InChI is InChI=1S/C9H8ClN3O/c10-8-4-3-7(9(14)6-8)2-1-5-12-13-11/h1-4,6,14H,5H2. The fourth-order valence-corrected chi connectivity index (χ4v) is 1.09. The van der Waals surface area contributed by atoms with Gasteiger partial charge in [0.05, 0.1) is 0 Å². The molecule has 14 heavy (non-hydrogen) atoms. The highest BCUT2D eigenvalue weighted by atomic mass is 35.5. The van der Waals surface area contributed by atoms with Gasteiger partial charge in [-0.05, 0) is 23.7 Å². The summed E-state index contributed by atoms with van der Waals surface area (Å²) in [6.45, 7) is 0.262. The van der Waals surface area contributed by atoms with Gasteiger partial charge < -0.3 is 5.11 Å². The number of phenols is 1. The van der Waals surface area contributed by atoms with E-state index >= 15 is 0 Å². The first kappa shape index (κ1) is 10.4. The first-order valence-electron chi connectivity index (χ1n) is 3.90. The molecule has 72 valence electrons. The minimum absolute atomic E-state index is 0.106. The molecular weight excluding hydrogens is 202 g/mol. The monoisotopic (exact) mass is 209 g/mol. The van der Waals surface area contributed by atoms with Crippen molar-refractivity contribution in [3.8, 4) is 5.75 Å². The van der Waals surface area contributed by atoms with Crippen molar-refractivity contribution in [3.05, 3.63) is 45.3 Å². The topological polar surface area (TPSA) is 69.0 Å². The Hall–Kier alpha value is -1.64. The lowest BCUT2D eigenvalue weighted by Gasteiger charge is -1.98. The molecule has 0 atom stereocenters. The number of hydrogen-bond acceptors (Lipinski definition) is 2. The molecular formula is C9H8ClN3O. The summed E-state index contributed by atoms with van der Waals surface area (Å²) in [6.07, 6.45) is 3.32. The molecule has 4 nitrogen and oxygen atoms in total. The molecule has 0 aliphatic heterocycles. The molecule has 0 bridgehead atoms. The van der Waals surface area contributed by atoms with Crippen LogP contribution >= 0.6 is 11.6 Å². The predicted octanol–water partition coefficient (Wildman–Crippen LogP) is 3.37.